The number of nitrogens with one attached hydrogen (secondary N) is 1. The van der Waals surface area contributed by atoms with Crippen molar-refractivity contribution >= 4 is 17.5 Å². The standard InChI is InChI=1S/C12H14N2O3/c1-14-11(15)7-9(12(14)16)13-8-5-3-4-6-10(8)17-2/h3-6,9,13H,7H2,1-2H3. The van der Waals surface area contributed by atoms with Gasteiger partial charge in [-0.2, -0.15) is 0 Å². The molecule has 1 aromatic rings. The number of rotatable bonds is 3. The monoisotopic (exact) mass is 234 g/mol. The number of imide groups is 1. The molecule has 0 bridgehead atoms. The third kappa shape index (κ3) is 2.08. The first kappa shape index (κ1) is 11.4. The molecule has 1 aliphatic rings. The molecular formula is C12H14N2O3. The number of benzene rings is 1. The van der Waals surface area contributed by atoms with Crippen molar-refractivity contribution in [2.45, 2.75) is 12.5 Å². The van der Waals surface area contributed by atoms with Crippen molar-refractivity contribution in [2.24, 2.45) is 0 Å². The molecule has 90 valence electrons. The third-order valence-electron chi connectivity index (χ3n) is 2.82. The molecular weight excluding hydrogens is 220 g/mol. The van der Waals surface area contributed by atoms with Crippen LogP contribution in [-0.4, -0.2) is 36.9 Å². The minimum atomic E-state index is -0.496. The lowest BCUT2D eigenvalue weighted by Gasteiger charge is -2.14. The van der Waals surface area contributed by atoms with Crippen LogP contribution in [0.1, 0.15) is 6.42 Å². The van der Waals surface area contributed by atoms with Crippen LogP contribution in [0.25, 0.3) is 0 Å². The fourth-order valence-electron chi connectivity index (χ4n) is 1.82. The second-order valence-electron chi connectivity index (χ2n) is 3.89. The number of likely N-dealkylation sites (tertiary alicyclic amines) is 1. The summed E-state index contributed by atoms with van der Waals surface area (Å²) in [5.74, 6) is 0.283. The van der Waals surface area contributed by atoms with Gasteiger partial charge in [-0.25, -0.2) is 0 Å². The zero-order valence-corrected chi connectivity index (χ0v) is 9.77. The van der Waals surface area contributed by atoms with E-state index in [-0.39, 0.29) is 18.2 Å². The number of amides is 2. The van der Waals surface area contributed by atoms with Crippen molar-refractivity contribution in [2.75, 3.05) is 19.5 Å². The average Bonchev–Trinajstić information content (AvgIpc) is 2.58. The van der Waals surface area contributed by atoms with Crippen molar-refractivity contribution in [3.8, 4) is 5.75 Å². The summed E-state index contributed by atoms with van der Waals surface area (Å²) in [6.45, 7) is 0. The van der Waals surface area contributed by atoms with Crippen LogP contribution in [-0.2, 0) is 9.59 Å². The number of nitrogens with zero attached hydrogens (tertiary/aromatic N) is 1. The van der Waals surface area contributed by atoms with Gasteiger partial charge in [-0.05, 0) is 12.1 Å². The fraction of sp³-hybridized carbons (Fsp3) is 0.333. The highest BCUT2D eigenvalue weighted by molar-refractivity contribution is 6.06. The Labute approximate surface area is 99.4 Å². The maximum absolute atomic E-state index is 11.7. The lowest BCUT2D eigenvalue weighted by atomic mass is 10.2. The molecule has 1 N–H and O–H groups in total. The average molecular weight is 234 g/mol. The second-order valence-corrected chi connectivity index (χ2v) is 3.89. The summed E-state index contributed by atoms with van der Waals surface area (Å²) in [7, 11) is 3.06. The smallest absolute Gasteiger partial charge is 0.251 e. The van der Waals surface area contributed by atoms with Crippen molar-refractivity contribution in [3.05, 3.63) is 24.3 Å². The minimum Gasteiger partial charge on any atom is -0.495 e. The van der Waals surface area contributed by atoms with Gasteiger partial charge in [0.25, 0.3) is 5.91 Å². The Morgan fingerprint density at radius 1 is 1.35 bits per heavy atom. The van der Waals surface area contributed by atoms with Crippen LogP contribution in [0.5, 0.6) is 5.75 Å². The van der Waals surface area contributed by atoms with Crippen LogP contribution in [0, 0.1) is 0 Å². The number of hydrogen-bond donors (Lipinski definition) is 1. The van der Waals surface area contributed by atoms with Crippen LogP contribution in [0.3, 0.4) is 0 Å². The summed E-state index contributed by atoms with van der Waals surface area (Å²) in [6, 6.07) is 6.80. The van der Waals surface area contributed by atoms with Gasteiger partial charge in [-0.1, -0.05) is 12.1 Å². The molecule has 0 saturated carbocycles. The van der Waals surface area contributed by atoms with E-state index in [2.05, 4.69) is 5.32 Å². The number of hydrogen-bond acceptors (Lipinski definition) is 4. The van der Waals surface area contributed by atoms with E-state index >= 15 is 0 Å². The quantitative estimate of drug-likeness (QED) is 0.788. The molecule has 0 aromatic heterocycles. The van der Waals surface area contributed by atoms with E-state index in [1.54, 1.807) is 13.2 Å². The number of likely N-dealkylation sites (N-methyl/N-ethyl adjacent to an activating group) is 1. The topological polar surface area (TPSA) is 58.6 Å². The largest absolute Gasteiger partial charge is 0.495 e. The number of para-hydroxylation sites is 2. The Kier molecular flexibility index (Phi) is 2.99. The number of carbonyl (C=O) groups excluding carboxylic acids is 2. The van der Waals surface area contributed by atoms with E-state index in [4.69, 9.17) is 4.74 Å². The van der Waals surface area contributed by atoms with Gasteiger partial charge in [-0.3, -0.25) is 14.5 Å². The summed E-state index contributed by atoms with van der Waals surface area (Å²) >= 11 is 0. The molecule has 0 radical (unpaired) electrons. The molecule has 2 amide bonds. The van der Waals surface area contributed by atoms with Gasteiger partial charge in [0, 0.05) is 7.05 Å². The predicted molar refractivity (Wildman–Crippen MR) is 62.8 cm³/mol. The van der Waals surface area contributed by atoms with Gasteiger partial charge < -0.3 is 10.1 Å². The van der Waals surface area contributed by atoms with Crippen LogP contribution >= 0.6 is 0 Å². The van der Waals surface area contributed by atoms with Crippen LogP contribution in [0.2, 0.25) is 0 Å². The Balaban J connectivity index is 2.17. The van der Waals surface area contributed by atoms with E-state index in [9.17, 15) is 9.59 Å². The van der Waals surface area contributed by atoms with Crippen LogP contribution in [0.15, 0.2) is 24.3 Å². The van der Waals surface area contributed by atoms with Gasteiger partial charge in [0.2, 0.25) is 5.91 Å². The van der Waals surface area contributed by atoms with Gasteiger partial charge in [-0.15, -0.1) is 0 Å². The Morgan fingerprint density at radius 3 is 2.65 bits per heavy atom. The first-order valence-electron chi connectivity index (χ1n) is 5.33. The summed E-state index contributed by atoms with van der Waals surface area (Å²) in [5, 5.41) is 3.03. The third-order valence-corrected chi connectivity index (χ3v) is 2.82. The molecule has 5 heteroatoms. The molecule has 1 atom stereocenters. The molecule has 2 rings (SSSR count). The van der Waals surface area contributed by atoms with Gasteiger partial charge in [0.05, 0.1) is 19.2 Å². The van der Waals surface area contributed by atoms with Crippen LogP contribution < -0.4 is 10.1 Å². The molecule has 1 unspecified atom stereocenters. The lowest BCUT2D eigenvalue weighted by Crippen LogP contribution is -2.31. The first-order chi connectivity index (χ1) is 8.13. The van der Waals surface area contributed by atoms with Gasteiger partial charge >= 0.3 is 0 Å². The zero-order valence-electron chi connectivity index (χ0n) is 9.77. The molecule has 1 aliphatic heterocycles. The number of methoxy groups -OCH3 is 1. The van der Waals surface area contributed by atoms with Crippen molar-refractivity contribution in [3.63, 3.8) is 0 Å². The molecule has 0 aliphatic carbocycles. The molecule has 1 heterocycles. The maximum atomic E-state index is 11.7. The van der Waals surface area contributed by atoms with Crippen molar-refractivity contribution in [1.29, 1.82) is 0 Å². The Morgan fingerprint density at radius 2 is 2.06 bits per heavy atom. The Bertz CT molecular complexity index is 459. The summed E-state index contributed by atoms with van der Waals surface area (Å²) in [5.41, 5.74) is 0.719. The van der Waals surface area contributed by atoms with Crippen LogP contribution in [0.4, 0.5) is 5.69 Å². The fourth-order valence-corrected chi connectivity index (χ4v) is 1.82. The molecule has 5 nitrogen and oxygen atoms in total. The molecule has 1 aromatic carbocycles. The molecule has 0 spiro atoms. The summed E-state index contributed by atoms with van der Waals surface area (Å²) in [6.07, 6.45) is 0.188. The van der Waals surface area contributed by atoms with E-state index < -0.39 is 6.04 Å². The lowest BCUT2D eigenvalue weighted by molar-refractivity contribution is -0.136. The highest BCUT2D eigenvalue weighted by atomic mass is 16.5. The van der Waals surface area contributed by atoms with E-state index in [1.807, 2.05) is 18.2 Å². The molecule has 1 saturated heterocycles. The minimum absolute atomic E-state index is 0.164. The molecule has 1 fully saturated rings. The van der Waals surface area contributed by atoms with Crippen molar-refractivity contribution < 1.29 is 14.3 Å². The van der Waals surface area contributed by atoms with E-state index in [0.717, 1.165) is 10.6 Å². The summed E-state index contributed by atoms with van der Waals surface area (Å²) in [4.78, 5) is 24.2. The van der Waals surface area contributed by atoms with E-state index in [0.29, 0.717) is 5.75 Å². The second kappa shape index (κ2) is 4.45. The zero-order chi connectivity index (χ0) is 12.4. The van der Waals surface area contributed by atoms with Gasteiger partial charge in [0.15, 0.2) is 0 Å². The Hall–Kier alpha value is -2.04. The number of carbonyl (C=O) groups is 2. The first-order valence-corrected chi connectivity index (χ1v) is 5.33. The number of ether oxygens (including phenoxy) is 1. The SMILES string of the molecule is COc1ccccc1NC1CC(=O)N(C)C1=O. The summed E-state index contributed by atoms with van der Waals surface area (Å²) < 4.78 is 5.17. The highest BCUT2D eigenvalue weighted by Crippen LogP contribution is 2.26. The number of anilines is 1. The highest BCUT2D eigenvalue weighted by Gasteiger charge is 2.36. The predicted octanol–water partition coefficient (Wildman–Crippen LogP) is 0.864. The van der Waals surface area contributed by atoms with E-state index in [1.165, 1.54) is 7.05 Å². The van der Waals surface area contributed by atoms with Gasteiger partial charge in [0.1, 0.15) is 11.8 Å². The maximum Gasteiger partial charge on any atom is 0.251 e. The molecule has 17 heavy (non-hydrogen) atoms. The van der Waals surface area contributed by atoms with Crippen molar-refractivity contribution in [1.82, 2.24) is 4.90 Å². The normalized spacial score (nSPS) is 19.6.